The van der Waals surface area contributed by atoms with Crippen LogP contribution in [0.1, 0.15) is 5.56 Å². The molecule has 0 atom stereocenters. The Hall–Kier alpha value is -3.26. The second-order valence-electron chi connectivity index (χ2n) is 5.92. The second-order valence-corrected chi connectivity index (χ2v) is 6.86. The number of anilines is 1. The van der Waals surface area contributed by atoms with Crippen molar-refractivity contribution in [2.24, 2.45) is 0 Å². The Balaban J connectivity index is 1.51. The Labute approximate surface area is 159 Å². The molecule has 3 aromatic heterocycles. The van der Waals surface area contributed by atoms with Crippen LogP contribution in [0.5, 0.6) is 0 Å². The topological polar surface area (TPSA) is 85.1 Å². The third-order valence-electron chi connectivity index (χ3n) is 3.86. The van der Waals surface area contributed by atoms with Gasteiger partial charge in [-0.2, -0.15) is 9.61 Å². The summed E-state index contributed by atoms with van der Waals surface area (Å²) in [6.45, 7) is 2.05. The molecule has 0 aliphatic rings. The zero-order valence-electron chi connectivity index (χ0n) is 14.5. The number of thioether (sulfide) groups is 1. The summed E-state index contributed by atoms with van der Waals surface area (Å²) >= 11 is 1.28. The van der Waals surface area contributed by atoms with Crippen LogP contribution in [0.25, 0.3) is 16.9 Å². The number of carbonyl (C=O) groups excluding carboxylic acids is 1. The molecule has 0 unspecified atom stereocenters. The molecule has 0 saturated carbocycles. The molecule has 0 spiro atoms. The number of nitrogens with zero attached hydrogens (tertiary/aromatic N) is 5. The maximum atomic E-state index is 12.1. The standard InChI is InChI=1S/C19H16N6OS/c1-13-4-6-14(7-5-13)16-8-9-17-22-23-19(25(17)24-16)27-12-18(26)21-15-3-2-10-20-11-15/h2-11H,12H2,1H3,(H,21,26). The van der Waals surface area contributed by atoms with Gasteiger partial charge in [-0.25, -0.2) is 0 Å². The normalized spacial score (nSPS) is 10.9. The summed E-state index contributed by atoms with van der Waals surface area (Å²) in [4.78, 5) is 16.1. The van der Waals surface area contributed by atoms with Crippen LogP contribution in [0.3, 0.4) is 0 Å². The van der Waals surface area contributed by atoms with Gasteiger partial charge in [-0.15, -0.1) is 10.2 Å². The van der Waals surface area contributed by atoms with E-state index in [1.165, 1.54) is 17.3 Å². The van der Waals surface area contributed by atoms with Crippen LogP contribution >= 0.6 is 11.8 Å². The number of nitrogens with one attached hydrogen (secondary N) is 1. The van der Waals surface area contributed by atoms with Gasteiger partial charge in [0.15, 0.2) is 5.65 Å². The van der Waals surface area contributed by atoms with Gasteiger partial charge in [0.25, 0.3) is 0 Å². The van der Waals surface area contributed by atoms with Gasteiger partial charge in [-0.3, -0.25) is 9.78 Å². The van der Waals surface area contributed by atoms with Gasteiger partial charge in [-0.05, 0) is 31.2 Å². The van der Waals surface area contributed by atoms with E-state index in [-0.39, 0.29) is 11.7 Å². The Morgan fingerprint density at radius 3 is 2.74 bits per heavy atom. The molecule has 0 saturated heterocycles. The first-order valence-electron chi connectivity index (χ1n) is 8.31. The van der Waals surface area contributed by atoms with E-state index in [4.69, 9.17) is 0 Å². The number of benzene rings is 1. The molecule has 4 rings (SSSR count). The lowest BCUT2D eigenvalue weighted by atomic mass is 10.1. The van der Waals surface area contributed by atoms with Crippen LogP contribution < -0.4 is 5.32 Å². The van der Waals surface area contributed by atoms with Crippen molar-refractivity contribution < 1.29 is 4.79 Å². The van der Waals surface area contributed by atoms with E-state index < -0.39 is 0 Å². The highest BCUT2D eigenvalue weighted by atomic mass is 32.2. The van der Waals surface area contributed by atoms with Crippen LogP contribution in [-0.4, -0.2) is 36.5 Å². The summed E-state index contributed by atoms with van der Waals surface area (Å²) in [7, 11) is 0. The molecule has 0 bridgehead atoms. The summed E-state index contributed by atoms with van der Waals surface area (Å²) in [6, 6.07) is 15.5. The summed E-state index contributed by atoms with van der Waals surface area (Å²) in [5, 5.41) is 16.3. The first-order valence-corrected chi connectivity index (χ1v) is 9.30. The van der Waals surface area contributed by atoms with Gasteiger partial charge in [0.2, 0.25) is 11.1 Å². The number of amides is 1. The average Bonchev–Trinajstić information content (AvgIpc) is 3.10. The number of hydrogen-bond donors (Lipinski definition) is 1. The number of hydrogen-bond acceptors (Lipinski definition) is 6. The van der Waals surface area contributed by atoms with Gasteiger partial charge >= 0.3 is 0 Å². The first kappa shape index (κ1) is 17.2. The Morgan fingerprint density at radius 2 is 1.96 bits per heavy atom. The highest BCUT2D eigenvalue weighted by Gasteiger charge is 2.12. The lowest BCUT2D eigenvalue weighted by molar-refractivity contribution is -0.113. The van der Waals surface area contributed by atoms with E-state index >= 15 is 0 Å². The zero-order valence-corrected chi connectivity index (χ0v) is 15.3. The molecule has 3 heterocycles. The molecular formula is C19H16N6OS. The third kappa shape index (κ3) is 3.95. The number of rotatable bonds is 5. The molecular weight excluding hydrogens is 360 g/mol. The number of carbonyl (C=O) groups is 1. The number of fused-ring (bicyclic) bond motifs is 1. The molecule has 1 amide bonds. The van der Waals surface area contributed by atoms with Gasteiger partial charge < -0.3 is 5.32 Å². The van der Waals surface area contributed by atoms with E-state index in [1.54, 1.807) is 29.0 Å². The van der Waals surface area contributed by atoms with Crippen molar-refractivity contribution in [2.75, 3.05) is 11.1 Å². The molecule has 0 fully saturated rings. The fraction of sp³-hybridized carbons (Fsp3) is 0.105. The first-order chi connectivity index (χ1) is 13.2. The lowest BCUT2D eigenvalue weighted by Gasteiger charge is -2.05. The van der Waals surface area contributed by atoms with Crippen molar-refractivity contribution in [2.45, 2.75) is 12.1 Å². The molecule has 1 N–H and O–H groups in total. The summed E-state index contributed by atoms with van der Waals surface area (Å²) in [5.41, 5.74) is 4.33. The molecule has 0 aliphatic carbocycles. The van der Waals surface area contributed by atoms with Crippen LogP contribution in [-0.2, 0) is 4.79 Å². The predicted octanol–water partition coefficient (Wildman–Crippen LogP) is 3.23. The highest BCUT2D eigenvalue weighted by Crippen LogP contribution is 2.21. The van der Waals surface area contributed by atoms with Gasteiger partial charge in [0.05, 0.1) is 23.3 Å². The number of pyridine rings is 1. The maximum Gasteiger partial charge on any atom is 0.234 e. The fourth-order valence-corrected chi connectivity index (χ4v) is 3.19. The molecule has 0 aliphatic heterocycles. The molecule has 7 nitrogen and oxygen atoms in total. The predicted molar refractivity (Wildman–Crippen MR) is 105 cm³/mol. The largest absolute Gasteiger partial charge is 0.324 e. The van der Waals surface area contributed by atoms with Crippen LogP contribution in [0.15, 0.2) is 66.1 Å². The summed E-state index contributed by atoms with van der Waals surface area (Å²) in [5.74, 6) is 0.0611. The van der Waals surface area contributed by atoms with Gasteiger partial charge in [0.1, 0.15) is 0 Å². The average molecular weight is 376 g/mol. The minimum Gasteiger partial charge on any atom is -0.324 e. The monoisotopic (exact) mass is 376 g/mol. The molecule has 0 radical (unpaired) electrons. The summed E-state index contributed by atoms with van der Waals surface area (Å²) in [6.07, 6.45) is 3.26. The smallest absolute Gasteiger partial charge is 0.234 e. The molecule has 134 valence electrons. The minimum absolute atomic E-state index is 0.139. The van der Waals surface area contributed by atoms with Crippen molar-refractivity contribution in [1.82, 2.24) is 24.8 Å². The van der Waals surface area contributed by atoms with Crippen LogP contribution in [0.4, 0.5) is 5.69 Å². The Kier molecular flexibility index (Phi) is 4.80. The highest BCUT2D eigenvalue weighted by molar-refractivity contribution is 7.99. The van der Waals surface area contributed by atoms with Crippen molar-refractivity contribution in [3.8, 4) is 11.3 Å². The van der Waals surface area contributed by atoms with Crippen LogP contribution in [0.2, 0.25) is 0 Å². The Morgan fingerprint density at radius 1 is 1.11 bits per heavy atom. The zero-order chi connectivity index (χ0) is 18.6. The Bertz CT molecular complexity index is 1080. The molecule has 1 aromatic carbocycles. The SMILES string of the molecule is Cc1ccc(-c2ccc3nnc(SCC(=O)Nc4cccnc4)n3n2)cc1. The van der Waals surface area contributed by atoms with Crippen LogP contribution in [0, 0.1) is 6.92 Å². The van der Waals surface area contributed by atoms with E-state index in [1.807, 2.05) is 43.3 Å². The molecule has 8 heteroatoms. The lowest BCUT2D eigenvalue weighted by Crippen LogP contribution is -2.14. The van der Waals surface area contributed by atoms with E-state index in [9.17, 15) is 4.79 Å². The number of aromatic nitrogens is 5. The maximum absolute atomic E-state index is 12.1. The number of aryl methyl sites for hydroxylation is 1. The molecule has 27 heavy (non-hydrogen) atoms. The van der Waals surface area contributed by atoms with Crippen molar-refractivity contribution in [1.29, 1.82) is 0 Å². The van der Waals surface area contributed by atoms with E-state index in [0.29, 0.717) is 16.5 Å². The van der Waals surface area contributed by atoms with E-state index in [2.05, 4.69) is 25.6 Å². The minimum atomic E-state index is -0.139. The van der Waals surface area contributed by atoms with Crippen molar-refractivity contribution >= 4 is 29.0 Å². The van der Waals surface area contributed by atoms with Gasteiger partial charge in [-0.1, -0.05) is 41.6 Å². The van der Waals surface area contributed by atoms with E-state index in [0.717, 1.165) is 11.3 Å². The van der Waals surface area contributed by atoms with Crippen molar-refractivity contribution in [3.05, 3.63) is 66.5 Å². The van der Waals surface area contributed by atoms with Crippen molar-refractivity contribution in [3.63, 3.8) is 0 Å². The molecule has 4 aromatic rings. The quantitative estimate of drug-likeness (QED) is 0.538. The van der Waals surface area contributed by atoms with Gasteiger partial charge in [0, 0.05) is 11.8 Å². The second kappa shape index (κ2) is 7.55. The summed E-state index contributed by atoms with van der Waals surface area (Å²) < 4.78 is 1.66. The fourth-order valence-electron chi connectivity index (χ4n) is 2.50. The third-order valence-corrected chi connectivity index (χ3v) is 4.78.